The minimum atomic E-state index is -4.38. The standard InChI is InChI=1S/C49H94NO8P/c1-3-5-7-9-11-13-15-17-19-21-22-23-24-26-27-29-31-33-35-37-39-41-48(51)55-45-47(46-57-59(53,54)56-44-43-50)58-49(52)42-40-38-36-34-32-30-28-25-20-18-16-14-12-10-8-6-4-2/h17-20,47H,3-16,21-46,50H2,1-2H3,(H,53,54)/b19-17+,20-18+/t47-/m1/s1. The van der Waals surface area contributed by atoms with Crippen molar-refractivity contribution in [1.29, 1.82) is 0 Å². The van der Waals surface area contributed by atoms with E-state index in [1.807, 2.05) is 0 Å². The summed E-state index contributed by atoms with van der Waals surface area (Å²) in [5.41, 5.74) is 5.36. The first-order chi connectivity index (χ1) is 28.8. The van der Waals surface area contributed by atoms with Gasteiger partial charge >= 0.3 is 19.8 Å². The molecule has 348 valence electrons. The Labute approximate surface area is 363 Å². The summed E-state index contributed by atoms with van der Waals surface area (Å²) in [7, 11) is -4.38. The molecule has 2 atom stereocenters. The zero-order valence-corrected chi connectivity index (χ0v) is 39.4. The van der Waals surface area contributed by atoms with E-state index in [9.17, 15) is 19.0 Å². The van der Waals surface area contributed by atoms with E-state index in [2.05, 4.69) is 38.2 Å². The van der Waals surface area contributed by atoms with Crippen LogP contribution >= 0.6 is 7.82 Å². The van der Waals surface area contributed by atoms with Crippen LogP contribution in [0.1, 0.15) is 245 Å². The van der Waals surface area contributed by atoms with E-state index < -0.39 is 26.5 Å². The lowest BCUT2D eigenvalue weighted by molar-refractivity contribution is -0.161. The Morgan fingerprint density at radius 3 is 1.20 bits per heavy atom. The molecule has 0 saturated carbocycles. The molecule has 0 aliphatic carbocycles. The molecular formula is C49H94NO8P. The molecule has 59 heavy (non-hydrogen) atoms. The molecule has 0 aliphatic rings. The van der Waals surface area contributed by atoms with Crippen LogP contribution in [-0.4, -0.2) is 49.3 Å². The van der Waals surface area contributed by atoms with Crippen molar-refractivity contribution in [3.63, 3.8) is 0 Å². The molecule has 0 aromatic rings. The van der Waals surface area contributed by atoms with Crippen molar-refractivity contribution in [2.45, 2.75) is 251 Å². The van der Waals surface area contributed by atoms with Crippen molar-refractivity contribution in [3.8, 4) is 0 Å². The van der Waals surface area contributed by atoms with Gasteiger partial charge in [-0.15, -0.1) is 0 Å². The highest BCUT2D eigenvalue weighted by molar-refractivity contribution is 7.47. The largest absolute Gasteiger partial charge is 0.472 e. The van der Waals surface area contributed by atoms with Gasteiger partial charge in [0, 0.05) is 19.4 Å². The van der Waals surface area contributed by atoms with Crippen LogP contribution in [0.4, 0.5) is 0 Å². The average Bonchev–Trinajstić information content (AvgIpc) is 3.22. The summed E-state index contributed by atoms with van der Waals surface area (Å²) >= 11 is 0. The molecule has 0 fully saturated rings. The fourth-order valence-corrected chi connectivity index (χ4v) is 7.86. The van der Waals surface area contributed by atoms with Gasteiger partial charge < -0.3 is 20.1 Å². The number of carbonyl (C=O) groups excluding carboxylic acids is 2. The highest BCUT2D eigenvalue weighted by atomic mass is 31.2. The van der Waals surface area contributed by atoms with Crippen molar-refractivity contribution in [3.05, 3.63) is 24.3 Å². The van der Waals surface area contributed by atoms with Gasteiger partial charge in [0.2, 0.25) is 0 Å². The Kier molecular flexibility index (Phi) is 44.8. The quantitative estimate of drug-likeness (QED) is 0.0265. The number of unbranched alkanes of at least 4 members (excludes halogenated alkanes) is 30. The van der Waals surface area contributed by atoms with Crippen molar-refractivity contribution in [2.24, 2.45) is 5.73 Å². The van der Waals surface area contributed by atoms with Gasteiger partial charge in [0.15, 0.2) is 6.10 Å². The number of esters is 2. The van der Waals surface area contributed by atoms with Gasteiger partial charge in [-0.3, -0.25) is 18.6 Å². The first kappa shape index (κ1) is 57.5. The van der Waals surface area contributed by atoms with Gasteiger partial charge in [-0.1, -0.05) is 192 Å². The van der Waals surface area contributed by atoms with Gasteiger partial charge in [-0.2, -0.15) is 0 Å². The number of rotatable bonds is 47. The molecule has 0 bridgehead atoms. The maximum atomic E-state index is 12.6. The smallest absolute Gasteiger partial charge is 0.462 e. The minimum absolute atomic E-state index is 0.0541. The lowest BCUT2D eigenvalue weighted by atomic mass is 10.0. The minimum Gasteiger partial charge on any atom is -0.462 e. The summed E-state index contributed by atoms with van der Waals surface area (Å²) in [4.78, 5) is 35.0. The number of phosphoric acid groups is 1. The third kappa shape index (κ3) is 45.8. The Hall–Kier alpha value is -1.51. The van der Waals surface area contributed by atoms with E-state index in [0.717, 1.165) is 44.9 Å². The Morgan fingerprint density at radius 1 is 0.492 bits per heavy atom. The Morgan fingerprint density at radius 2 is 0.831 bits per heavy atom. The maximum absolute atomic E-state index is 12.6. The molecule has 1 unspecified atom stereocenters. The Bertz CT molecular complexity index is 1020. The van der Waals surface area contributed by atoms with Crippen LogP contribution < -0.4 is 5.73 Å². The number of carbonyl (C=O) groups is 2. The average molecular weight is 856 g/mol. The molecular weight excluding hydrogens is 762 g/mol. The van der Waals surface area contributed by atoms with Crippen LogP contribution in [0.5, 0.6) is 0 Å². The lowest BCUT2D eigenvalue weighted by Gasteiger charge is -2.19. The van der Waals surface area contributed by atoms with E-state index in [4.69, 9.17) is 24.3 Å². The summed E-state index contributed by atoms with van der Waals surface area (Å²) in [6.07, 6.45) is 50.7. The van der Waals surface area contributed by atoms with Gasteiger partial charge in [-0.25, -0.2) is 4.57 Å². The van der Waals surface area contributed by atoms with Crippen LogP contribution in [0.25, 0.3) is 0 Å². The zero-order chi connectivity index (χ0) is 43.2. The molecule has 0 rings (SSSR count). The number of ether oxygens (including phenoxy) is 2. The fraction of sp³-hybridized carbons (Fsp3) is 0.878. The maximum Gasteiger partial charge on any atom is 0.472 e. The van der Waals surface area contributed by atoms with Gasteiger partial charge in [0.1, 0.15) is 6.61 Å². The molecule has 0 amide bonds. The van der Waals surface area contributed by atoms with E-state index in [-0.39, 0.29) is 38.6 Å². The molecule has 0 aliphatic heterocycles. The van der Waals surface area contributed by atoms with Crippen molar-refractivity contribution >= 4 is 19.8 Å². The lowest BCUT2D eigenvalue weighted by Crippen LogP contribution is -2.29. The monoisotopic (exact) mass is 856 g/mol. The third-order valence-corrected chi connectivity index (χ3v) is 11.8. The predicted octanol–water partition coefficient (Wildman–Crippen LogP) is 14.7. The molecule has 3 N–H and O–H groups in total. The summed E-state index contributed by atoms with van der Waals surface area (Å²) in [5.74, 6) is -0.824. The van der Waals surface area contributed by atoms with Crippen LogP contribution in [0.15, 0.2) is 24.3 Å². The normalized spacial score (nSPS) is 13.4. The second-order valence-electron chi connectivity index (χ2n) is 16.7. The highest BCUT2D eigenvalue weighted by Crippen LogP contribution is 2.43. The van der Waals surface area contributed by atoms with E-state index >= 15 is 0 Å². The second kappa shape index (κ2) is 46.0. The van der Waals surface area contributed by atoms with Crippen LogP contribution in [-0.2, 0) is 32.7 Å². The number of hydrogen-bond donors (Lipinski definition) is 2. The number of allylic oxidation sites excluding steroid dienone is 4. The first-order valence-electron chi connectivity index (χ1n) is 24.8. The van der Waals surface area contributed by atoms with E-state index in [1.165, 1.54) is 167 Å². The summed E-state index contributed by atoms with van der Waals surface area (Å²) in [5, 5.41) is 0. The topological polar surface area (TPSA) is 134 Å². The second-order valence-corrected chi connectivity index (χ2v) is 18.1. The molecule has 0 spiro atoms. The van der Waals surface area contributed by atoms with Crippen LogP contribution in [0.3, 0.4) is 0 Å². The molecule has 10 heteroatoms. The molecule has 0 saturated heterocycles. The first-order valence-corrected chi connectivity index (χ1v) is 26.3. The van der Waals surface area contributed by atoms with Gasteiger partial charge in [-0.05, 0) is 64.2 Å². The third-order valence-electron chi connectivity index (χ3n) is 10.8. The summed E-state index contributed by atoms with van der Waals surface area (Å²) < 4.78 is 32.9. The van der Waals surface area contributed by atoms with Crippen LogP contribution in [0.2, 0.25) is 0 Å². The fourth-order valence-electron chi connectivity index (χ4n) is 7.10. The predicted molar refractivity (Wildman–Crippen MR) is 247 cm³/mol. The number of phosphoric ester groups is 1. The number of nitrogens with two attached hydrogens (primary N) is 1. The molecule has 0 heterocycles. The molecule has 0 aromatic carbocycles. The number of hydrogen-bond acceptors (Lipinski definition) is 8. The van der Waals surface area contributed by atoms with Gasteiger partial charge in [0.05, 0.1) is 13.2 Å². The van der Waals surface area contributed by atoms with E-state index in [1.54, 1.807) is 0 Å². The highest BCUT2D eigenvalue weighted by Gasteiger charge is 2.26. The molecule has 0 radical (unpaired) electrons. The molecule has 0 aromatic heterocycles. The van der Waals surface area contributed by atoms with Gasteiger partial charge in [0.25, 0.3) is 0 Å². The molecule has 9 nitrogen and oxygen atoms in total. The van der Waals surface area contributed by atoms with Crippen molar-refractivity contribution in [1.82, 2.24) is 0 Å². The van der Waals surface area contributed by atoms with E-state index in [0.29, 0.717) is 6.42 Å². The summed E-state index contributed by atoms with van der Waals surface area (Å²) in [6, 6.07) is 0. The SMILES string of the molecule is CCCCCCCC/C=C/CCCCCCCCCCCCCC(=O)OC[C@H](COP(=O)(O)OCCN)OC(=O)CCCCCCCCC/C=C/CCCCCCCC. The zero-order valence-electron chi connectivity index (χ0n) is 38.5. The van der Waals surface area contributed by atoms with Crippen LogP contribution in [0, 0.1) is 0 Å². The summed E-state index contributed by atoms with van der Waals surface area (Å²) in [6.45, 7) is 3.76. The van der Waals surface area contributed by atoms with Crippen molar-refractivity contribution < 1.29 is 37.6 Å². The Balaban J connectivity index is 4.04. The van der Waals surface area contributed by atoms with Crippen molar-refractivity contribution in [2.75, 3.05) is 26.4 Å².